The van der Waals surface area contributed by atoms with E-state index < -0.39 is 0 Å². The van der Waals surface area contributed by atoms with Gasteiger partial charge in [0.05, 0.1) is 0 Å². The molecule has 112 valence electrons. The Morgan fingerprint density at radius 1 is 1.10 bits per heavy atom. The van der Waals surface area contributed by atoms with Gasteiger partial charge in [-0.25, -0.2) is 4.39 Å². The normalized spacial score (nSPS) is 12.4. The molecule has 0 aliphatic heterocycles. The highest BCUT2D eigenvalue weighted by Crippen LogP contribution is 2.26. The number of aryl methyl sites for hydroxylation is 2. The minimum Gasteiger partial charge on any atom is -0.310 e. The molecule has 1 N–H and O–H groups in total. The van der Waals surface area contributed by atoms with Gasteiger partial charge in [0.15, 0.2) is 0 Å². The molecule has 0 heterocycles. The van der Waals surface area contributed by atoms with Gasteiger partial charge in [0.25, 0.3) is 0 Å². The zero-order chi connectivity index (χ0) is 15.2. The molecule has 0 fully saturated rings. The Kier molecular flexibility index (Phi) is 5.51. The molecule has 0 saturated carbocycles. The van der Waals surface area contributed by atoms with Crippen LogP contribution in [0.5, 0.6) is 0 Å². The molecular weight excluding hydrogens is 261 g/mol. The molecule has 2 aromatic carbocycles. The minimum absolute atomic E-state index is 0.0212. The first kappa shape index (κ1) is 15.7. The molecule has 0 spiro atoms. The first-order valence-electron chi connectivity index (χ1n) is 7.65. The monoisotopic (exact) mass is 285 g/mol. The average molecular weight is 285 g/mol. The summed E-state index contributed by atoms with van der Waals surface area (Å²) in [6.07, 6.45) is 1.85. The van der Waals surface area contributed by atoms with Crippen LogP contribution in [0.25, 0.3) is 0 Å². The maximum absolute atomic E-state index is 14.5. The molecule has 1 unspecified atom stereocenters. The largest absolute Gasteiger partial charge is 0.310 e. The fraction of sp³-hybridized carbons (Fsp3) is 0.368. The summed E-state index contributed by atoms with van der Waals surface area (Å²) in [6, 6.07) is 14.0. The summed E-state index contributed by atoms with van der Waals surface area (Å²) in [5.74, 6) is -0.1000. The van der Waals surface area contributed by atoms with Gasteiger partial charge in [-0.1, -0.05) is 43.3 Å². The van der Waals surface area contributed by atoms with Gasteiger partial charge in [-0.15, -0.1) is 0 Å². The van der Waals surface area contributed by atoms with E-state index in [-0.39, 0.29) is 11.9 Å². The molecule has 2 heteroatoms. The molecule has 0 aromatic heterocycles. The molecule has 0 saturated heterocycles. The predicted octanol–water partition coefficient (Wildman–Crippen LogP) is 4.73. The van der Waals surface area contributed by atoms with E-state index >= 15 is 0 Å². The highest BCUT2D eigenvalue weighted by Gasteiger charge is 2.18. The number of nitrogens with one attached hydrogen (secondary N) is 1. The van der Waals surface area contributed by atoms with E-state index in [1.165, 1.54) is 5.56 Å². The van der Waals surface area contributed by atoms with Crippen LogP contribution in [-0.2, 0) is 6.42 Å². The Morgan fingerprint density at radius 3 is 2.43 bits per heavy atom. The second-order valence-corrected chi connectivity index (χ2v) is 5.67. The zero-order valence-corrected chi connectivity index (χ0v) is 13.1. The first-order valence-corrected chi connectivity index (χ1v) is 7.65. The van der Waals surface area contributed by atoms with Gasteiger partial charge in [-0.2, -0.15) is 0 Å². The Balaban J connectivity index is 2.32. The number of hydrogen-bond donors (Lipinski definition) is 1. The standard InChI is InChI=1S/C19H24FN/c1-4-10-21-18(13-16-8-6-5-7-9-16)19-15(3)11-14(2)12-17(19)20/h5-9,11-12,18,21H,4,10,13H2,1-3H3. The second kappa shape index (κ2) is 7.37. The second-order valence-electron chi connectivity index (χ2n) is 5.67. The van der Waals surface area contributed by atoms with E-state index in [9.17, 15) is 4.39 Å². The fourth-order valence-electron chi connectivity index (χ4n) is 2.81. The molecule has 2 rings (SSSR count). The highest BCUT2D eigenvalue weighted by atomic mass is 19.1. The van der Waals surface area contributed by atoms with E-state index in [0.717, 1.165) is 36.1 Å². The van der Waals surface area contributed by atoms with Gasteiger partial charge in [0, 0.05) is 11.6 Å². The van der Waals surface area contributed by atoms with Crippen LogP contribution < -0.4 is 5.32 Å². The number of benzene rings is 2. The minimum atomic E-state index is -0.1000. The lowest BCUT2D eigenvalue weighted by Gasteiger charge is -2.22. The molecule has 0 bridgehead atoms. The van der Waals surface area contributed by atoms with Crippen molar-refractivity contribution in [1.82, 2.24) is 5.32 Å². The average Bonchev–Trinajstić information content (AvgIpc) is 2.44. The summed E-state index contributed by atoms with van der Waals surface area (Å²) >= 11 is 0. The third-order valence-corrected chi connectivity index (χ3v) is 3.75. The summed E-state index contributed by atoms with van der Waals surface area (Å²) in [6.45, 7) is 6.96. The fourth-order valence-corrected chi connectivity index (χ4v) is 2.81. The molecule has 0 aliphatic carbocycles. The lowest BCUT2D eigenvalue weighted by molar-refractivity contribution is 0.494. The van der Waals surface area contributed by atoms with Crippen molar-refractivity contribution in [2.24, 2.45) is 0 Å². The van der Waals surface area contributed by atoms with Crippen LogP contribution in [0.15, 0.2) is 42.5 Å². The molecule has 1 nitrogen and oxygen atoms in total. The summed E-state index contributed by atoms with van der Waals surface area (Å²) in [5.41, 5.74) is 4.03. The summed E-state index contributed by atoms with van der Waals surface area (Å²) < 4.78 is 14.5. The van der Waals surface area contributed by atoms with Crippen LogP contribution in [-0.4, -0.2) is 6.54 Å². The third-order valence-electron chi connectivity index (χ3n) is 3.75. The van der Waals surface area contributed by atoms with E-state index in [2.05, 4.69) is 30.4 Å². The van der Waals surface area contributed by atoms with Gasteiger partial charge >= 0.3 is 0 Å². The third kappa shape index (κ3) is 4.15. The quantitative estimate of drug-likeness (QED) is 0.809. The van der Waals surface area contributed by atoms with Crippen LogP contribution in [0.3, 0.4) is 0 Å². The molecule has 0 aliphatic rings. The van der Waals surface area contributed by atoms with Crippen LogP contribution in [0.2, 0.25) is 0 Å². The van der Waals surface area contributed by atoms with Crippen LogP contribution in [0.1, 0.15) is 41.6 Å². The lowest BCUT2D eigenvalue weighted by Crippen LogP contribution is -2.26. The summed E-state index contributed by atoms with van der Waals surface area (Å²) in [7, 11) is 0. The van der Waals surface area contributed by atoms with E-state index in [4.69, 9.17) is 0 Å². The maximum Gasteiger partial charge on any atom is 0.128 e. The Bertz CT molecular complexity index is 554. The highest BCUT2D eigenvalue weighted by molar-refractivity contribution is 5.35. The zero-order valence-electron chi connectivity index (χ0n) is 13.1. The first-order chi connectivity index (χ1) is 10.1. The molecule has 1 atom stereocenters. The molecule has 0 amide bonds. The Morgan fingerprint density at radius 2 is 1.81 bits per heavy atom. The van der Waals surface area contributed by atoms with Crippen molar-refractivity contribution >= 4 is 0 Å². The van der Waals surface area contributed by atoms with Crippen LogP contribution in [0.4, 0.5) is 4.39 Å². The molecule has 2 aromatic rings. The summed E-state index contributed by atoms with van der Waals surface area (Å²) in [4.78, 5) is 0. The SMILES string of the molecule is CCCNC(Cc1ccccc1)c1c(C)cc(C)cc1F. The van der Waals surface area contributed by atoms with Gasteiger partial charge in [-0.05, 0) is 56.0 Å². The van der Waals surface area contributed by atoms with Crippen molar-refractivity contribution in [1.29, 1.82) is 0 Å². The molecular formula is C19H24FN. The number of halogens is 1. The molecule has 0 radical (unpaired) electrons. The number of rotatable bonds is 6. The van der Waals surface area contributed by atoms with Crippen molar-refractivity contribution in [3.8, 4) is 0 Å². The topological polar surface area (TPSA) is 12.0 Å². The van der Waals surface area contributed by atoms with E-state index in [0.29, 0.717) is 0 Å². The van der Waals surface area contributed by atoms with Gasteiger partial charge in [0.1, 0.15) is 5.82 Å². The van der Waals surface area contributed by atoms with Gasteiger partial charge in [-0.3, -0.25) is 0 Å². The summed E-state index contributed by atoms with van der Waals surface area (Å²) in [5, 5.41) is 3.50. The molecule has 21 heavy (non-hydrogen) atoms. The van der Waals surface area contributed by atoms with E-state index in [1.807, 2.05) is 32.0 Å². The van der Waals surface area contributed by atoms with Crippen LogP contribution >= 0.6 is 0 Å². The smallest absolute Gasteiger partial charge is 0.128 e. The van der Waals surface area contributed by atoms with Crippen molar-refractivity contribution in [3.63, 3.8) is 0 Å². The Labute approximate surface area is 127 Å². The van der Waals surface area contributed by atoms with Crippen molar-refractivity contribution in [2.45, 2.75) is 39.7 Å². The van der Waals surface area contributed by atoms with Crippen molar-refractivity contribution in [3.05, 3.63) is 70.5 Å². The van der Waals surface area contributed by atoms with Crippen LogP contribution in [0, 0.1) is 19.7 Å². The maximum atomic E-state index is 14.5. The van der Waals surface area contributed by atoms with Gasteiger partial charge in [0.2, 0.25) is 0 Å². The lowest BCUT2D eigenvalue weighted by atomic mass is 9.93. The van der Waals surface area contributed by atoms with E-state index in [1.54, 1.807) is 6.07 Å². The predicted molar refractivity (Wildman–Crippen MR) is 87.1 cm³/mol. The Hall–Kier alpha value is -1.67. The van der Waals surface area contributed by atoms with Crippen molar-refractivity contribution < 1.29 is 4.39 Å². The van der Waals surface area contributed by atoms with Gasteiger partial charge < -0.3 is 5.32 Å². The van der Waals surface area contributed by atoms with Crippen molar-refractivity contribution in [2.75, 3.05) is 6.54 Å². The number of hydrogen-bond acceptors (Lipinski definition) is 1.